The number of nitrogens with zero attached hydrogens (tertiary/aromatic N) is 2. The summed E-state index contributed by atoms with van der Waals surface area (Å²) in [6.45, 7) is 10.8. The number of fused-ring (bicyclic) bond motifs is 2. The lowest BCUT2D eigenvalue weighted by Gasteiger charge is -2.36. The van der Waals surface area contributed by atoms with E-state index < -0.39 is 83.4 Å². The smallest absolute Gasteiger partial charge is 0.329 e. The molecule has 0 spiro atoms. The lowest BCUT2D eigenvalue weighted by Crippen LogP contribution is -2.53. The summed E-state index contributed by atoms with van der Waals surface area (Å²) in [5, 5.41) is 0.771. The Balaban J connectivity index is 1.26. The number of methoxy groups -OCH3 is 12. The predicted octanol–water partition coefficient (Wildman–Crippen LogP) is 14.8. The number of ether oxygens (including phenoxy) is 24. The Morgan fingerprint density at radius 1 is 0.287 bits per heavy atom. The van der Waals surface area contributed by atoms with Crippen molar-refractivity contribution < 1.29 is 142 Å². The lowest BCUT2D eigenvalue weighted by atomic mass is 9.80. The minimum Gasteiger partial charge on any atom is -0.493 e. The third-order valence-electron chi connectivity index (χ3n) is 21.3. The van der Waals surface area contributed by atoms with Crippen molar-refractivity contribution in [2.45, 2.75) is 103 Å². The zero-order chi connectivity index (χ0) is 87.8. The fourth-order valence-corrected chi connectivity index (χ4v) is 14.9. The van der Waals surface area contributed by atoms with Gasteiger partial charge < -0.3 is 114 Å². The molecule has 656 valence electrons. The second-order valence-corrected chi connectivity index (χ2v) is 28.6. The highest BCUT2D eigenvalue weighted by atomic mass is 16.9. The molecule has 2 unspecified atom stereocenters. The summed E-state index contributed by atoms with van der Waals surface area (Å²) < 4.78 is 143. The highest BCUT2D eigenvalue weighted by molar-refractivity contribution is 6.45. The van der Waals surface area contributed by atoms with E-state index in [0.717, 1.165) is 9.80 Å². The van der Waals surface area contributed by atoms with Gasteiger partial charge in [-0.05, 0) is 147 Å². The van der Waals surface area contributed by atoms with Crippen LogP contribution in [0.1, 0.15) is 109 Å². The van der Waals surface area contributed by atoms with Gasteiger partial charge in [0.1, 0.15) is 94.3 Å². The topological polar surface area (TPSA) is 330 Å². The average molecular weight is 1700 g/mol. The first-order chi connectivity index (χ1) is 58.8. The molecule has 2 atom stereocenters. The predicted molar refractivity (Wildman–Crippen MR) is 442 cm³/mol. The molecular weight excluding hydrogens is 1590 g/mol. The van der Waals surface area contributed by atoms with E-state index in [-0.39, 0.29) is 190 Å². The summed E-state index contributed by atoms with van der Waals surface area (Å²) in [6.07, 6.45) is 0.583. The highest BCUT2D eigenvalue weighted by Crippen LogP contribution is 2.59. The number of carbonyl (C=O) groups is 6. The Kier molecular flexibility index (Phi) is 31.0. The molecule has 9 aromatic rings. The molecule has 32 nitrogen and oxygen atoms in total. The van der Waals surface area contributed by atoms with Crippen molar-refractivity contribution in [1.29, 1.82) is 0 Å². The van der Waals surface area contributed by atoms with Crippen molar-refractivity contribution in [3.8, 4) is 69.0 Å². The molecule has 0 bridgehead atoms. The van der Waals surface area contributed by atoms with Gasteiger partial charge in [-0.2, -0.15) is 0 Å². The number of benzene rings is 9. The maximum Gasteiger partial charge on any atom is 0.329 e. The third kappa shape index (κ3) is 19.4. The molecule has 0 saturated heterocycles. The monoisotopic (exact) mass is 1690 g/mol. The largest absolute Gasteiger partial charge is 0.493 e. The van der Waals surface area contributed by atoms with Gasteiger partial charge >= 0.3 is 11.9 Å². The third-order valence-corrected chi connectivity index (χ3v) is 21.3. The number of hydrogen-bond acceptors (Lipinski definition) is 30. The van der Waals surface area contributed by atoms with Crippen LogP contribution in [0.4, 0.5) is 0 Å². The van der Waals surface area contributed by atoms with Gasteiger partial charge in [0.05, 0.1) is 87.6 Å². The summed E-state index contributed by atoms with van der Waals surface area (Å²) >= 11 is 0. The zero-order valence-corrected chi connectivity index (χ0v) is 71.9. The molecule has 32 heteroatoms. The molecule has 0 aliphatic carbocycles. The molecular formula is C90H106N2O30. The molecule has 2 heterocycles. The summed E-state index contributed by atoms with van der Waals surface area (Å²) in [5.41, 5.74) is -0.540. The van der Waals surface area contributed by atoms with Gasteiger partial charge in [-0.15, -0.1) is 0 Å². The summed E-state index contributed by atoms with van der Waals surface area (Å²) in [4.78, 5) is 97.1. The Morgan fingerprint density at radius 2 is 0.492 bits per heavy atom. The van der Waals surface area contributed by atoms with E-state index >= 15 is 19.2 Å². The van der Waals surface area contributed by atoms with Crippen LogP contribution in [0.3, 0.4) is 0 Å². The van der Waals surface area contributed by atoms with Crippen LogP contribution in [0.5, 0.6) is 69.0 Å². The molecule has 0 fully saturated rings. The van der Waals surface area contributed by atoms with Crippen molar-refractivity contribution in [2.75, 3.05) is 151 Å². The van der Waals surface area contributed by atoms with Crippen LogP contribution in [0.15, 0.2) is 121 Å². The van der Waals surface area contributed by atoms with Gasteiger partial charge in [0, 0.05) is 142 Å². The van der Waals surface area contributed by atoms with Crippen LogP contribution in [0.2, 0.25) is 0 Å². The molecule has 2 aliphatic rings. The van der Waals surface area contributed by atoms with Crippen molar-refractivity contribution in [1.82, 2.24) is 9.80 Å². The van der Waals surface area contributed by atoms with E-state index in [1.807, 2.05) is 0 Å². The number of esters is 2. The van der Waals surface area contributed by atoms with Crippen LogP contribution in [-0.2, 0) is 85.4 Å². The Bertz CT molecular complexity index is 4480. The van der Waals surface area contributed by atoms with Gasteiger partial charge in [0.25, 0.3) is 47.5 Å². The van der Waals surface area contributed by atoms with Crippen molar-refractivity contribution >= 4 is 78.7 Å². The molecule has 0 radical (unpaired) electrons. The SMILES string of the molecule is CCOCCOC(=O)C(C(C)C)N1C(=O)c2cc(Oc3ccc(OCCC(OC)(OC)OC)cc3)c3c4c(Oc5ccc(OCCC(OC)(OC)OC)cc5)cc5c6c(cc(Oc7ccc(OCCC(OC)(OC)OC)cc7)c(c7c(Oc8ccc(OCCC(OC)(OC)OC)cc8)cc(c2c37)C1=O)c64)C(=O)N(C(C(=O)OCCOCC)C(C)C)C5=O. The highest BCUT2D eigenvalue weighted by Gasteiger charge is 2.49. The van der Waals surface area contributed by atoms with E-state index in [4.69, 9.17) is 114 Å². The fourth-order valence-electron chi connectivity index (χ4n) is 14.9. The average Bonchev–Trinajstić information content (AvgIpc) is 0.669. The Hall–Kier alpha value is -10.7. The van der Waals surface area contributed by atoms with Crippen LogP contribution in [-0.4, -0.2) is 233 Å². The molecule has 11 rings (SSSR count). The van der Waals surface area contributed by atoms with Gasteiger partial charge in [-0.1, -0.05) is 27.7 Å². The van der Waals surface area contributed by atoms with Crippen molar-refractivity contribution in [3.63, 3.8) is 0 Å². The number of rotatable bonds is 50. The van der Waals surface area contributed by atoms with Gasteiger partial charge in [-0.3, -0.25) is 29.0 Å². The first-order valence-electron chi connectivity index (χ1n) is 39.7. The number of imide groups is 2. The van der Waals surface area contributed by atoms with Crippen molar-refractivity contribution in [3.05, 3.63) is 144 Å². The van der Waals surface area contributed by atoms with Crippen LogP contribution >= 0.6 is 0 Å². The second-order valence-electron chi connectivity index (χ2n) is 28.6. The van der Waals surface area contributed by atoms with Gasteiger partial charge in [-0.25, -0.2) is 9.59 Å². The van der Waals surface area contributed by atoms with Crippen LogP contribution in [0.25, 0.3) is 43.1 Å². The first kappa shape index (κ1) is 92.1. The molecule has 0 N–H and O–H groups in total. The van der Waals surface area contributed by atoms with E-state index in [0.29, 0.717) is 36.2 Å². The summed E-state index contributed by atoms with van der Waals surface area (Å²) in [5.74, 6) is -10.8. The van der Waals surface area contributed by atoms with Crippen LogP contribution in [0, 0.1) is 11.8 Å². The van der Waals surface area contributed by atoms with Gasteiger partial charge in [0.2, 0.25) is 0 Å². The zero-order valence-electron chi connectivity index (χ0n) is 71.9. The molecule has 0 saturated carbocycles. The lowest BCUT2D eigenvalue weighted by molar-refractivity contribution is -0.356. The van der Waals surface area contributed by atoms with Crippen molar-refractivity contribution in [2.24, 2.45) is 11.8 Å². The second kappa shape index (κ2) is 41.0. The Morgan fingerprint density at radius 3 is 0.680 bits per heavy atom. The minimum absolute atomic E-state index is 0.0224. The van der Waals surface area contributed by atoms with E-state index in [2.05, 4.69) is 0 Å². The minimum atomic E-state index is -1.54. The number of carbonyl (C=O) groups excluding carboxylic acids is 6. The quantitative estimate of drug-likeness (QED) is 0.00853. The fraction of sp³-hybridized carbons (Fsp3) is 0.444. The maximum atomic E-state index is 16.4. The molecule has 0 aromatic heterocycles. The van der Waals surface area contributed by atoms with E-state index in [1.165, 1.54) is 110 Å². The van der Waals surface area contributed by atoms with Crippen LogP contribution < -0.4 is 37.9 Å². The maximum absolute atomic E-state index is 16.4. The molecule has 122 heavy (non-hydrogen) atoms. The van der Waals surface area contributed by atoms with Gasteiger partial charge in [0.15, 0.2) is 0 Å². The molecule has 9 aromatic carbocycles. The van der Waals surface area contributed by atoms with E-state index in [1.54, 1.807) is 139 Å². The molecule has 4 amide bonds. The standard InChI is InChI=1S/C90H106N2O30/c1-19-111-45-47-117-85(97)79(53(3)4)91-81(93)63-49-67(119-59-29-21-55(22-30-59)113-41-37-87(99-7,100-8)101-9)73-75-69(121-61-33-25-57(26-34-61)115-43-39-89(105-13,106-14)107-15)51-65-72-66(84(96)92(83(65)95)80(54(5)6)86(98)118-48-46-112-20-2)52-70(122-62-35-27-58(28-36-62)116-44-40-90(108-16,109-17)110-18)76(78(72)75)74-68(50-64(82(91)94)71(63)77(73)74)120-60-31-23-56(24-32-60)114-42-38-88(102-10,103-11)104-12/h21-36,49-54,79-80H,19-20,37-48H2,1-18H3. The summed E-state index contributed by atoms with van der Waals surface area (Å²) in [6, 6.07) is 29.0. The first-order valence-corrected chi connectivity index (χ1v) is 39.7. The summed E-state index contributed by atoms with van der Waals surface area (Å²) in [7, 11) is 17.3. The normalized spacial score (nSPS) is 13.8. The number of amides is 4. The number of hydrogen-bond donors (Lipinski definition) is 0. The Labute approximate surface area is 706 Å². The van der Waals surface area contributed by atoms with E-state index in [9.17, 15) is 9.59 Å². The molecule has 2 aliphatic heterocycles.